The zero-order valence-corrected chi connectivity index (χ0v) is 8.82. The minimum Gasteiger partial charge on any atom is -0.465 e. The zero-order valence-electron chi connectivity index (χ0n) is 6.67. The first kappa shape index (κ1) is 9.37. The van der Waals surface area contributed by atoms with Crippen molar-refractivity contribution < 1.29 is 9.53 Å². The van der Waals surface area contributed by atoms with Crippen molar-refractivity contribution in [3.8, 4) is 0 Å². The number of hydrogen-bond acceptors (Lipinski definition) is 4. The van der Waals surface area contributed by atoms with E-state index in [0.29, 0.717) is 15.1 Å². The maximum Gasteiger partial charge on any atom is 0.341 e. The number of methoxy groups -OCH3 is 1. The molecule has 1 heterocycles. The van der Waals surface area contributed by atoms with E-state index in [1.807, 2.05) is 22.6 Å². The van der Waals surface area contributed by atoms with Gasteiger partial charge >= 0.3 is 5.97 Å². The lowest BCUT2D eigenvalue weighted by Crippen LogP contribution is -2.07. The van der Waals surface area contributed by atoms with E-state index in [2.05, 4.69) is 14.7 Å². The first-order valence-electron chi connectivity index (χ1n) is 3.22. The van der Waals surface area contributed by atoms with E-state index in [-0.39, 0.29) is 0 Å². The first-order valence-corrected chi connectivity index (χ1v) is 4.30. The molecule has 0 unspecified atom stereocenters. The van der Waals surface area contributed by atoms with Crippen LogP contribution >= 0.6 is 22.6 Å². The van der Waals surface area contributed by atoms with E-state index < -0.39 is 5.97 Å². The van der Waals surface area contributed by atoms with Gasteiger partial charge in [-0.15, -0.1) is 0 Å². The molecule has 0 aliphatic carbocycles. The minimum atomic E-state index is -0.399. The van der Waals surface area contributed by atoms with E-state index in [1.54, 1.807) is 6.92 Å². The number of aryl methyl sites for hydroxylation is 1. The van der Waals surface area contributed by atoms with Crippen molar-refractivity contribution in [3.05, 3.63) is 21.3 Å². The van der Waals surface area contributed by atoms with Gasteiger partial charge in [-0.05, 0) is 6.92 Å². The van der Waals surface area contributed by atoms with Crippen LogP contribution in [0, 0.1) is 10.8 Å². The molecular weight excluding hydrogens is 271 g/mol. The lowest BCUT2D eigenvalue weighted by molar-refractivity contribution is 0.0598. The van der Waals surface area contributed by atoms with Crippen molar-refractivity contribution in [1.29, 1.82) is 0 Å². The molecule has 0 saturated carbocycles. The molecule has 0 saturated heterocycles. The van der Waals surface area contributed by atoms with Gasteiger partial charge in [-0.3, -0.25) is 0 Å². The van der Waals surface area contributed by atoms with Crippen LogP contribution in [0.5, 0.6) is 0 Å². The summed E-state index contributed by atoms with van der Waals surface area (Å²) in [4.78, 5) is 18.9. The van der Waals surface area contributed by atoms with E-state index in [9.17, 15) is 4.79 Å². The van der Waals surface area contributed by atoms with Gasteiger partial charge < -0.3 is 4.74 Å². The summed E-state index contributed by atoms with van der Waals surface area (Å²) >= 11 is 1.98. The van der Waals surface area contributed by atoms with Gasteiger partial charge in [0.05, 0.1) is 18.4 Å². The highest BCUT2D eigenvalue weighted by molar-refractivity contribution is 14.1. The third-order valence-electron chi connectivity index (χ3n) is 1.36. The summed E-state index contributed by atoms with van der Waals surface area (Å²) in [5.41, 5.74) is 1.05. The molecule has 0 amide bonds. The first-order chi connectivity index (χ1) is 5.65. The fourth-order valence-corrected chi connectivity index (χ4v) is 1.25. The second-order valence-electron chi connectivity index (χ2n) is 2.13. The van der Waals surface area contributed by atoms with Gasteiger partial charge in [-0.1, -0.05) is 0 Å². The van der Waals surface area contributed by atoms with E-state index >= 15 is 0 Å². The summed E-state index contributed by atoms with van der Waals surface area (Å²) < 4.78 is 5.16. The van der Waals surface area contributed by atoms with Crippen molar-refractivity contribution in [2.75, 3.05) is 7.11 Å². The number of rotatable bonds is 1. The van der Waals surface area contributed by atoms with Crippen LogP contribution in [0.3, 0.4) is 0 Å². The number of carbonyl (C=O) groups excluding carboxylic acids is 1. The summed E-state index contributed by atoms with van der Waals surface area (Å²) in [6.07, 6.45) is 1.47. The fraction of sp³-hybridized carbons (Fsp3) is 0.286. The quantitative estimate of drug-likeness (QED) is 0.439. The Bertz CT molecular complexity index is 314. The predicted octanol–water partition coefficient (Wildman–Crippen LogP) is 1.18. The smallest absolute Gasteiger partial charge is 0.341 e. The molecule has 1 rings (SSSR count). The molecule has 4 nitrogen and oxygen atoms in total. The average Bonchev–Trinajstić information content (AvgIpc) is 2.03. The van der Waals surface area contributed by atoms with Crippen LogP contribution in [0.1, 0.15) is 16.1 Å². The molecule has 0 spiro atoms. The standard InChI is InChI=1S/C7H7IN2O2/c1-4-5(6(11)12-2)3-9-7(8)10-4/h3H,1-2H3. The summed E-state index contributed by atoms with van der Waals surface area (Å²) in [6, 6.07) is 0. The highest BCUT2D eigenvalue weighted by Crippen LogP contribution is 2.06. The van der Waals surface area contributed by atoms with Gasteiger partial charge in [-0.25, -0.2) is 14.8 Å². The number of ether oxygens (including phenoxy) is 1. The van der Waals surface area contributed by atoms with E-state index in [0.717, 1.165) is 0 Å². The van der Waals surface area contributed by atoms with Gasteiger partial charge in [0, 0.05) is 28.8 Å². The van der Waals surface area contributed by atoms with Crippen LogP contribution in [-0.2, 0) is 4.74 Å². The summed E-state index contributed by atoms with van der Waals surface area (Å²) in [7, 11) is 1.33. The molecule has 1 aromatic rings. The Morgan fingerprint density at radius 2 is 2.33 bits per heavy atom. The van der Waals surface area contributed by atoms with Crippen molar-refractivity contribution in [1.82, 2.24) is 9.97 Å². The Morgan fingerprint density at radius 3 is 2.83 bits per heavy atom. The maximum atomic E-state index is 11.0. The number of hydrogen-bond donors (Lipinski definition) is 0. The molecular formula is C7H7IN2O2. The van der Waals surface area contributed by atoms with Gasteiger partial charge in [0.15, 0.2) is 3.83 Å². The number of halogens is 1. The zero-order chi connectivity index (χ0) is 9.14. The Labute approximate surface area is 83.5 Å². The molecule has 5 heteroatoms. The maximum absolute atomic E-state index is 11.0. The third kappa shape index (κ3) is 1.90. The topological polar surface area (TPSA) is 52.1 Å². The van der Waals surface area contributed by atoms with Crippen LogP contribution in [0.25, 0.3) is 0 Å². The third-order valence-corrected chi connectivity index (χ3v) is 1.87. The van der Waals surface area contributed by atoms with Gasteiger partial charge in [0.1, 0.15) is 0 Å². The van der Waals surface area contributed by atoms with Gasteiger partial charge in [0.2, 0.25) is 0 Å². The second-order valence-corrected chi connectivity index (χ2v) is 3.09. The van der Waals surface area contributed by atoms with Gasteiger partial charge in [-0.2, -0.15) is 0 Å². The molecule has 12 heavy (non-hydrogen) atoms. The normalized spacial score (nSPS) is 9.58. The highest BCUT2D eigenvalue weighted by atomic mass is 127. The Hall–Kier alpha value is -0.720. The van der Waals surface area contributed by atoms with Crippen molar-refractivity contribution in [3.63, 3.8) is 0 Å². The Balaban J connectivity index is 3.09. The molecule has 0 N–H and O–H groups in total. The minimum absolute atomic E-state index is 0.399. The van der Waals surface area contributed by atoms with Crippen LogP contribution in [0.4, 0.5) is 0 Å². The SMILES string of the molecule is COC(=O)c1cnc(I)nc1C. The molecule has 1 aromatic heterocycles. The fourth-order valence-electron chi connectivity index (χ4n) is 0.749. The lowest BCUT2D eigenvalue weighted by atomic mass is 10.2. The van der Waals surface area contributed by atoms with E-state index in [1.165, 1.54) is 13.3 Å². The number of carbonyl (C=O) groups is 1. The molecule has 0 bridgehead atoms. The van der Waals surface area contributed by atoms with Crippen molar-refractivity contribution in [2.24, 2.45) is 0 Å². The van der Waals surface area contributed by atoms with Crippen LogP contribution in [0.15, 0.2) is 6.20 Å². The Kier molecular flexibility index (Phi) is 2.96. The lowest BCUT2D eigenvalue weighted by Gasteiger charge is -2.01. The van der Waals surface area contributed by atoms with E-state index in [4.69, 9.17) is 0 Å². The molecule has 0 atom stereocenters. The summed E-state index contributed by atoms with van der Waals surface area (Å²) in [5.74, 6) is -0.399. The van der Waals surface area contributed by atoms with Crippen LogP contribution < -0.4 is 0 Å². The molecule has 0 aliphatic rings. The largest absolute Gasteiger partial charge is 0.465 e. The molecule has 0 aliphatic heterocycles. The van der Waals surface area contributed by atoms with Crippen LogP contribution in [0.2, 0.25) is 0 Å². The monoisotopic (exact) mass is 278 g/mol. The van der Waals surface area contributed by atoms with Crippen LogP contribution in [-0.4, -0.2) is 23.0 Å². The second kappa shape index (κ2) is 3.79. The molecule has 0 fully saturated rings. The Morgan fingerprint density at radius 1 is 1.67 bits per heavy atom. The number of esters is 1. The highest BCUT2D eigenvalue weighted by Gasteiger charge is 2.10. The molecule has 0 aromatic carbocycles. The van der Waals surface area contributed by atoms with Gasteiger partial charge in [0.25, 0.3) is 0 Å². The van der Waals surface area contributed by atoms with Crippen molar-refractivity contribution >= 4 is 28.6 Å². The van der Waals surface area contributed by atoms with Crippen molar-refractivity contribution in [2.45, 2.75) is 6.92 Å². The summed E-state index contributed by atoms with van der Waals surface area (Å²) in [6.45, 7) is 1.75. The summed E-state index contributed by atoms with van der Waals surface area (Å²) in [5, 5.41) is 0. The predicted molar refractivity (Wildman–Crippen MR) is 50.8 cm³/mol. The molecule has 64 valence electrons. The number of nitrogens with zero attached hydrogens (tertiary/aromatic N) is 2. The molecule has 0 radical (unpaired) electrons. The average molecular weight is 278 g/mol. The number of aromatic nitrogens is 2.